The minimum Gasteiger partial charge on any atom is -0.331 e. The van der Waals surface area contributed by atoms with Crippen molar-refractivity contribution in [2.45, 2.75) is 58.3 Å². The highest BCUT2D eigenvalue weighted by molar-refractivity contribution is 5.75. The predicted octanol–water partition coefficient (Wildman–Crippen LogP) is 4.99. The maximum absolute atomic E-state index is 12.6. The molecular formula is C18H25F3N2O. The summed E-state index contributed by atoms with van der Waals surface area (Å²) in [5.74, 6) is 0.520. The van der Waals surface area contributed by atoms with Gasteiger partial charge in [-0.3, -0.25) is 0 Å². The van der Waals surface area contributed by atoms with Gasteiger partial charge in [0.15, 0.2) is 0 Å². The van der Waals surface area contributed by atoms with Gasteiger partial charge in [-0.2, -0.15) is 13.2 Å². The van der Waals surface area contributed by atoms with Crippen LogP contribution in [0.4, 0.5) is 18.0 Å². The highest BCUT2D eigenvalue weighted by Crippen LogP contribution is 2.30. The summed E-state index contributed by atoms with van der Waals surface area (Å²) in [5.41, 5.74) is -0.0164. The molecule has 2 amide bonds. The summed E-state index contributed by atoms with van der Waals surface area (Å²) in [6.07, 6.45) is -1.34. The topological polar surface area (TPSA) is 32.3 Å². The number of rotatable bonds is 6. The lowest BCUT2D eigenvalue weighted by Crippen LogP contribution is -2.43. The van der Waals surface area contributed by atoms with Gasteiger partial charge in [0.05, 0.1) is 11.6 Å². The van der Waals surface area contributed by atoms with Gasteiger partial charge >= 0.3 is 12.2 Å². The van der Waals surface area contributed by atoms with Crippen molar-refractivity contribution in [1.82, 2.24) is 10.2 Å². The van der Waals surface area contributed by atoms with E-state index >= 15 is 0 Å². The van der Waals surface area contributed by atoms with Crippen LogP contribution in [0.2, 0.25) is 0 Å². The lowest BCUT2D eigenvalue weighted by Gasteiger charge is -2.26. The van der Waals surface area contributed by atoms with E-state index in [0.717, 1.165) is 31.4 Å². The molecule has 0 spiro atoms. The Kier molecular flexibility index (Phi) is 5.78. The standard InChI is InChI=1S/C18H25F3N2O/c1-12(2)10-11-23(16-8-9-16)17(24)22-13(3)14-4-6-15(7-5-14)18(19,20)21/h4-7,12-13,16H,8-11H2,1-3H3,(H,22,24). The molecule has 0 aromatic heterocycles. The molecule has 1 saturated carbocycles. The number of urea groups is 1. The smallest absolute Gasteiger partial charge is 0.331 e. The van der Waals surface area contributed by atoms with Gasteiger partial charge in [0.1, 0.15) is 0 Å². The van der Waals surface area contributed by atoms with Crippen molar-refractivity contribution in [3.8, 4) is 0 Å². The molecule has 1 fully saturated rings. The van der Waals surface area contributed by atoms with Crippen molar-refractivity contribution in [3.05, 3.63) is 35.4 Å². The molecule has 1 aromatic carbocycles. The van der Waals surface area contributed by atoms with Crippen molar-refractivity contribution >= 4 is 6.03 Å². The van der Waals surface area contributed by atoms with Crippen LogP contribution in [0.3, 0.4) is 0 Å². The van der Waals surface area contributed by atoms with E-state index in [1.165, 1.54) is 12.1 Å². The monoisotopic (exact) mass is 342 g/mol. The zero-order valence-corrected chi connectivity index (χ0v) is 14.4. The average molecular weight is 342 g/mol. The van der Waals surface area contributed by atoms with Gasteiger partial charge < -0.3 is 10.2 Å². The summed E-state index contributed by atoms with van der Waals surface area (Å²) in [5, 5.41) is 2.91. The minimum atomic E-state index is -4.34. The van der Waals surface area contributed by atoms with E-state index in [0.29, 0.717) is 24.1 Å². The van der Waals surface area contributed by atoms with Crippen molar-refractivity contribution < 1.29 is 18.0 Å². The molecule has 3 nitrogen and oxygen atoms in total. The number of carbonyl (C=O) groups is 1. The van der Waals surface area contributed by atoms with Crippen LogP contribution in [0.1, 0.15) is 57.2 Å². The second-order valence-electron chi connectivity index (χ2n) is 6.90. The molecule has 0 bridgehead atoms. The zero-order valence-electron chi connectivity index (χ0n) is 14.4. The number of nitrogens with zero attached hydrogens (tertiary/aromatic N) is 1. The third kappa shape index (κ3) is 5.14. The van der Waals surface area contributed by atoms with Crippen LogP contribution in [0.15, 0.2) is 24.3 Å². The lowest BCUT2D eigenvalue weighted by molar-refractivity contribution is -0.137. The largest absolute Gasteiger partial charge is 0.416 e. The number of carbonyl (C=O) groups excluding carboxylic acids is 1. The molecule has 1 aromatic rings. The summed E-state index contributed by atoms with van der Waals surface area (Å²) in [4.78, 5) is 14.3. The molecule has 1 unspecified atom stereocenters. The molecule has 1 N–H and O–H groups in total. The van der Waals surface area contributed by atoms with E-state index < -0.39 is 11.7 Å². The Morgan fingerprint density at radius 3 is 2.25 bits per heavy atom. The number of nitrogens with one attached hydrogen (secondary N) is 1. The molecule has 2 rings (SSSR count). The molecule has 1 aliphatic rings. The molecule has 134 valence electrons. The van der Waals surface area contributed by atoms with E-state index in [9.17, 15) is 18.0 Å². The Morgan fingerprint density at radius 2 is 1.79 bits per heavy atom. The second-order valence-corrected chi connectivity index (χ2v) is 6.90. The fourth-order valence-electron chi connectivity index (χ4n) is 2.55. The number of hydrogen-bond acceptors (Lipinski definition) is 1. The van der Waals surface area contributed by atoms with E-state index in [2.05, 4.69) is 19.2 Å². The van der Waals surface area contributed by atoms with Gasteiger partial charge in [-0.15, -0.1) is 0 Å². The number of benzene rings is 1. The van der Waals surface area contributed by atoms with Gasteiger partial charge in [0.25, 0.3) is 0 Å². The second kappa shape index (κ2) is 7.45. The molecule has 0 aliphatic heterocycles. The summed E-state index contributed by atoms with van der Waals surface area (Å²) in [6.45, 7) is 6.74. The molecule has 0 heterocycles. The Morgan fingerprint density at radius 1 is 1.21 bits per heavy atom. The normalized spacial score (nSPS) is 16.1. The Bertz CT molecular complexity index is 550. The Labute approximate surface area is 141 Å². The van der Waals surface area contributed by atoms with E-state index in [4.69, 9.17) is 0 Å². The summed E-state index contributed by atoms with van der Waals surface area (Å²) in [7, 11) is 0. The van der Waals surface area contributed by atoms with E-state index in [1.807, 2.05) is 4.90 Å². The van der Waals surface area contributed by atoms with Crippen molar-refractivity contribution in [3.63, 3.8) is 0 Å². The van der Waals surface area contributed by atoms with Crippen LogP contribution in [0.5, 0.6) is 0 Å². The average Bonchev–Trinajstić information content (AvgIpc) is 3.31. The molecule has 0 radical (unpaired) electrons. The Balaban J connectivity index is 1.96. The van der Waals surface area contributed by atoms with Crippen LogP contribution >= 0.6 is 0 Å². The first-order valence-electron chi connectivity index (χ1n) is 8.42. The molecule has 1 atom stereocenters. The fraction of sp³-hybridized carbons (Fsp3) is 0.611. The van der Waals surface area contributed by atoms with E-state index in [-0.39, 0.29) is 12.1 Å². The first-order valence-corrected chi connectivity index (χ1v) is 8.42. The van der Waals surface area contributed by atoms with Gasteiger partial charge in [0.2, 0.25) is 0 Å². The van der Waals surface area contributed by atoms with Gasteiger partial charge in [-0.1, -0.05) is 26.0 Å². The molecule has 6 heteroatoms. The van der Waals surface area contributed by atoms with Crippen molar-refractivity contribution in [1.29, 1.82) is 0 Å². The molecular weight excluding hydrogens is 317 g/mol. The minimum absolute atomic E-state index is 0.134. The summed E-state index contributed by atoms with van der Waals surface area (Å²) < 4.78 is 37.8. The maximum atomic E-state index is 12.6. The highest BCUT2D eigenvalue weighted by atomic mass is 19.4. The highest BCUT2D eigenvalue weighted by Gasteiger charge is 2.33. The van der Waals surface area contributed by atoms with Gasteiger partial charge in [0, 0.05) is 12.6 Å². The number of alkyl halides is 3. The first-order chi connectivity index (χ1) is 11.2. The van der Waals surface area contributed by atoms with Crippen LogP contribution < -0.4 is 5.32 Å². The third-order valence-electron chi connectivity index (χ3n) is 4.27. The molecule has 1 aliphatic carbocycles. The zero-order chi connectivity index (χ0) is 17.9. The maximum Gasteiger partial charge on any atom is 0.416 e. The number of halogens is 3. The summed E-state index contributed by atoms with van der Waals surface area (Å²) >= 11 is 0. The first kappa shape index (κ1) is 18.6. The molecule has 24 heavy (non-hydrogen) atoms. The van der Waals surface area contributed by atoms with Crippen LogP contribution in [-0.2, 0) is 6.18 Å². The van der Waals surface area contributed by atoms with Crippen LogP contribution in [0.25, 0.3) is 0 Å². The number of hydrogen-bond donors (Lipinski definition) is 1. The SMILES string of the molecule is CC(C)CCN(C(=O)NC(C)c1ccc(C(F)(F)F)cc1)C1CC1. The Hall–Kier alpha value is -1.72. The van der Waals surface area contributed by atoms with E-state index in [1.54, 1.807) is 6.92 Å². The quantitative estimate of drug-likeness (QED) is 0.776. The predicted molar refractivity (Wildman–Crippen MR) is 87.6 cm³/mol. The lowest BCUT2D eigenvalue weighted by atomic mass is 10.1. The number of amides is 2. The van der Waals surface area contributed by atoms with Crippen LogP contribution in [0, 0.1) is 5.92 Å². The van der Waals surface area contributed by atoms with Crippen LogP contribution in [-0.4, -0.2) is 23.5 Å². The van der Waals surface area contributed by atoms with Gasteiger partial charge in [-0.05, 0) is 49.8 Å². The molecule has 0 saturated heterocycles. The van der Waals surface area contributed by atoms with Crippen molar-refractivity contribution in [2.75, 3.05) is 6.54 Å². The van der Waals surface area contributed by atoms with Gasteiger partial charge in [-0.25, -0.2) is 4.79 Å². The summed E-state index contributed by atoms with van der Waals surface area (Å²) in [6, 6.07) is 4.78. The van der Waals surface area contributed by atoms with Crippen molar-refractivity contribution in [2.24, 2.45) is 5.92 Å². The third-order valence-corrected chi connectivity index (χ3v) is 4.27. The fourth-order valence-corrected chi connectivity index (χ4v) is 2.55.